The molecule has 0 bridgehead atoms. The molecule has 146 valence electrons. The maximum absolute atomic E-state index is 3.64. The predicted octanol–water partition coefficient (Wildman–Crippen LogP) is 5.05. The Morgan fingerprint density at radius 2 is 1.71 bits per heavy atom. The second-order valence-electron chi connectivity index (χ2n) is 8.22. The van der Waals surface area contributed by atoms with E-state index in [-0.39, 0.29) is 0 Å². The molecule has 2 nitrogen and oxygen atoms in total. The minimum absolute atomic E-state index is 0.599. The van der Waals surface area contributed by atoms with Gasteiger partial charge in [0.25, 0.3) is 0 Å². The number of hydrogen-bond acceptors (Lipinski definition) is 2. The highest BCUT2D eigenvalue weighted by atomic mass is 15.2. The van der Waals surface area contributed by atoms with Crippen molar-refractivity contribution < 1.29 is 0 Å². The Balaban J connectivity index is 1.39. The van der Waals surface area contributed by atoms with E-state index in [4.69, 9.17) is 0 Å². The molecule has 1 heterocycles. The Bertz CT molecular complexity index is 835. The van der Waals surface area contributed by atoms with Gasteiger partial charge in [0.1, 0.15) is 0 Å². The minimum Gasteiger partial charge on any atom is -0.311 e. The number of hydrogen-bond donors (Lipinski definition) is 1. The van der Waals surface area contributed by atoms with Gasteiger partial charge >= 0.3 is 0 Å². The monoisotopic (exact) mass is 372 g/mol. The van der Waals surface area contributed by atoms with Crippen molar-refractivity contribution in [2.75, 3.05) is 19.6 Å². The fraction of sp³-hybridized carbons (Fsp3) is 0.385. The van der Waals surface area contributed by atoms with E-state index in [1.54, 1.807) is 11.1 Å². The molecule has 1 atom stereocenters. The lowest BCUT2D eigenvalue weighted by molar-refractivity contribution is 0.194. The lowest BCUT2D eigenvalue weighted by atomic mass is 9.85. The molecular formula is C26H32N2. The molecule has 1 aliphatic carbocycles. The largest absolute Gasteiger partial charge is 0.311 e. The molecule has 0 saturated carbocycles. The van der Waals surface area contributed by atoms with Gasteiger partial charge in [-0.3, -0.25) is 4.90 Å². The van der Waals surface area contributed by atoms with Crippen LogP contribution in [0.25, 0.3) is 0 Å². The zero-order valence-corrected chi connectivity index (χ0v) is 17.0. The lowest BCUT2D eigenvalue weighted by Gasteiger charge is -2.39. The van der Waals surface area contributed by atoms with Crippen LogP contribution in [0, 0.1) is 6.92 Å². The fourth-order valence-electron chi connectivity index (χ4n) is 4.51. The van der Waals surface area contributed by atoms with Crippen molar-refractivity contribution in [1.82, 2.24) is 10.2 Å². The van der Waals surface area contributed by atoms with Crippen LogP contribution in [0.15, 0.2) is 77.9 Å². The van der Waals surface area contributed by atoms with Crippen molar-refractivity contribution >= 4 is 0 Å². The molecule has 1 fully saturated rings. The number of rotatable bonds is 7. The predicted molar refractivity (Wildman–Crippen MR) is 118 cm³/mol. The summed E-state index contributed by atoms with van der Waals surface area (Å²) in [4.78, 5) is 2.70. The number of aryl methyl sites for hydroxylation is 1. The highest BCUT2D eigenvalue weighted by molar-refractivity contribution is 5.38. The van der Waals surface area contributed by atoms with Crippen molar-refractivity contribution in [3.8, 4) is 0 Å². The number of nitrogens with zero attached hydrogens (tertiary/aromatic N) is 1. The summed E-state index contributed by atoms with van der Waals surface area (Å²) in [5.74, 6) is 0. The molecule has 0 spiro atoms. The van der Waals surface area contributed by atoms with Gasteiger partial charge in [-0.15, -0.1) is 0 Å². The topological polar surface area (TPSA) is 15.3 Å². The standard InChI is InChI=1S/C26H32N2/c1-21-8-7-11-23(16-21)17-26-18-24-12-5-6-13-25(24)20-28(26)15-14-27-19-22-9-3-2-4-10-22/h2-4,7-13,16,26-27H,5-6,14-15,17-20H2,1H3. The Morgan fingerprint density at radius 1 is 0.929 bits per heavy atom. The highest BCUT2D eigenvalue weighted by Gasteiger charge is 2.28. The molecule has 2 heteroatoms. The van der Waals surface area contributed by atoms with Crippen molar-refractivity contribution in [3.05, 3.63) is 94.6 Å². The summed E-state index contributed by atoms with van der Waals surface area (Å²) in [6, 6.07) is 20.3. The van der Waals surface area contributed by atoms with Crippen molar-refractivity contribution in [2.24, 2.45) is 0 Å². The van der Waals surface area contributed by atoms with Crippen LogP contribution >= 0.6 is 0 Å². The van der Waals surface area contributed by atoms with E-state index in [0.717, 1.165) is 32.6 Å². The number of piperidine rings is 1. The Kier molecular flexibility index (Phi) is 6.41. The van der Waals surface area contributed by atoms with Crippen LogP contribution in [-0.4, -0.2) is 30.6 Å². The molecular weight excluding hydrogens is 340 g/mol. The third kappa shape index (κ3) is 5.01. The Morgan fingerprint density at radius 3 is 2.54 bits per heavy atom. The van der Waals surface area contributed by atoms with E-state index < -0.39 is 0 Å². The van der Waals surface area contributed by atoms with Crippen LogP contribution in [0.1, 0.15) is 36.0 Å². The van der Waals surface area contributed by atoms with E-state index in [2.05, 4.69) is 83.9 Å². The van der Waals surface area contributed by atoms with Crippen molar-refractivity contribution in [2.45, 2.75) is 45.2 Å². The van der Waals surface area contributed by atoms with E-state index >= 15 is 0 Å². The third-order valence-electron chi connectivity index (χ3n) is 6.01. The Labute approximate surface area is 170 Å². The summed E-state index contributed by atoms with van der Waals surface area (Å²) in [6.45, 7) is 6.39. The first-order chi connectivity index (χ1) is 13.8. The highest BCUT2D eigenvalue weighted by Crippen LogP contribution is 2.32. The molecule has 1 unspecified atom stereocenters. The second kappa shape index (κ2) is 9.36. The Hall–Kier alpha value is -2.16. The molecule has 2 aliphatic rings. The van der Waals surface area contributed by atoms with Crippen molar-refractivity contribution in [3.63, 3.8) is 0 Å². The van der Waals surface area contributed by atoms with Crippen LogP contribution in [-0.2, 0) is 13.0 Å². The number of benzene rings is 2. The maximum Gasteiger partial charge on any atom is 0.0236 e. The summed E-state index contributed by atoms with van der Waals surface area (Å²) >= 11 is 0. The fourth-order valence-corrected chi connectivity index (χ4v) is 4.51. The van der Waals surface area contributed by atoms with Gasteiger partial charge in [0.15, 0.2) is 0 Å². The summed E-state index contributed by atoms with van der Waals surface area (Å²) in [7, 11) is 0. The molecule has 2 aromatic carbocycles. The summed E-state index contributed by atoms with van der Waals surface area (Å²) in [5, 5.41) is 3.64. The summed E-state index contributed by atoms with van der Waals surface area (Å²) in [6.07, 6.45) is 9.73. The normalized spacial score (nSPS) is 19.7. The molecule has 1 saturated heterocycles. The van der Waals surface area contributed by atoms with Gasteiger partial charge in [-0.25, -0.2) is 0 Å². The molecule has 2 aromatic rings. The van der Waals surface area contributed by atoms with Gasteiger partial charge in [-0.1, -0.05) is 72.3 Å². The van der Waals surface area contributed by atoms with Gasteiger partial charge < -0.3 is 5.32 Å². The number of allylic oxidation sites excluding steroid dienone is 2. The average molecular weight is 373 g/mol. The third-order valence-corrected chi connectivity index (χ3v) is 6.01. The first-order valence-electron chi connectivity index (χ1n) is 10.7. The second-order valence-corrected chi connectivity index (χ2v) is 8.22. The van der Waals surface area contributed by atoms with Crippen LogP contribution in [0.5, 0.6) is 0 Å². The van der Waals surface area contributed by atoms with Gasteiger partial charge in [-0.05, 0) is 54.9 Å². The van der Waals surface area contributed by atoms with Crippen LogP contribution < -0.4 is 5.32 Å². The molecule has 0 amide bonds. The molecule has 4 rings (SSSR count). The van der Waals surface area contributed by atoms with Gasteiger partial charge in [0, 0.05) is 32.2 Å². The maximum atomic E-state index is 3.64. The SMILES string of the molecule is Cc1cccc(CC2CC3=CCCC=C3CN2CCNCc2ccccc2)c1. The van der Waals surface area contributed by atoms with Crippen LogP contribution in [0.2, 0.25) is 0 Å². The minimum atomic E-state index is 0.599. The number of fused-ring (bicyclic) bond motifs is 1. The number of nitrogens with one attached hydrogen (secondary N) is 1. The molecule has 1 aliphatic heterocycles. The molecule has 0 aromatic heterocycles. The van der Waals surface area contributed by atoms with E-state index in [0.29, 0.717) is 6.04 Å². The lowest BCUT2D eigenvalue weighted by Crippen LogP contribution is -2.45. The average Bonchev–Trinajstić information content (AvgIpc) is 2.72. The van der Waals surface area contributed by atoms with Gasteiger partial charge in [-0.2, -0.15) is 0 Å². The first kappa shape index (κ1) is 19.2. The summed E-state index contributed by atoms with van der Waals surface area (Å²) in [5.41, 5.74) is 7.38. The van der Waals surface area contributed by atoms with E-state index in [9.17, 15) is 0 Å². The zero-order valence-electron chi connectivity index (χ0n) is 17.0. The molecule has 0 radical (unpaired) electrons. The van der Waals surface area contributed by atoms with Crippen LogP contribution in [0.4, 0.5) is 0 Å². The quantitative estimate of drug-likeness (QED) is 0.684. The zero-order chi connectivity index (χ0) is 19.2. The van der Waals surface area contributed by atoms with E-state index in [1.807, 2.05) is 0 Å². The summed E-state index contributed by atoms with van der Waals surface area (Å²) < 4.78 is 0. The molecule has 28 heavy (non-hydrogen) atoms. The smallest absolute Gasteiger partial charge is 0.0236 e. The van der Waals surface area contributed by atoms with Crippen molar-refractivity contribution in [1.29, 1.82) is 0 Å². The van der Waals surface area contributed by atoms with Gasteiger partial charge in [0.2, 0.25) is 0 Å². The first-order valence-corrected chi connectivity index (χ1v) is 10.7. The number of likely N-dealkylation sites (tertiary alicyclic amines) is 1. The molecule has 1 N–H and O–H groups in total. The van der Waals surface area contributed by atoms with Gasteiger partial charge in [0.05, 0.1) is 0 Å². The van der Waals surface area contributed by atoms with E-state index in [1.165, 1.54) is 36.0 Å². The van der Waals surface area contributed by atoms with Crippen LogP contribution in [0.3, 0.4) is 0 Å².